The van der Waals surface area contributed by atoms with E-state index >= 15 is 0 Å². The Morgan fingerprint density at radius 1 is 1.03 bits per heavy atom. The second-order valence-electron chi connectivity index (χ2n) is 8.95. The Bertz CT molecular complexity index is 1540. The predicted octanol–water partition coefficient (Wildman–Crippen LogP) is 4.05. The SMILES string of the molecule is COc1ccc2[nH]cc(CCNC(=O)CC(c3ccc(OC)c(OC)c3OC)c3c(O)cc(C)oc3=O)c2c1. The first-order valence-electron chi connectivity index (χ1n) is 12.3. The summed E-state index contributed by atoms with van der Waals surface area (Å²) in [5, 5.41) is 14.7. The van der Waals surface area contributed by atoms with Crippen LogP contribution in [0.1, 0.15) is 34.8 Å². The summed E-state index contributed by atoms with van der Waals surface area (Å²) < 4.78 is 27.1. The lowest BCUT2D eigenvalue weighted by Crippen LogP contribution is -2.29. The minimum absolute atomic E-state index is 0.0509. The number of aromatic hydroxyl groups is 1. The number of nitrogens with one attached hydrogen (secondary N) is 2. The number of hydrogen-bond donors (Lipinski definition) is 3. The third kappa shape index (κ3) is 5.64. The van der Waals surface area contributed by atoms with Gasteiger partial charge in [-0.3, -0.25) is 4.79 Å². The van der Waals surface area contributed by atoms with Gasteiger partial charge in [0.2, 0.25) is 11.7 Å². The van der Waals surface area contributed by atoms with Crippen LogP contribution in [0.2, 0.25) is 0 Å². The van der Waals surface area contributed by atoms with E-state index in [-0.39, 0.29) is 35.2 Å². The number of amides is 1. The van der Waals surface area contributed by atoms with E-state index in [2.05, 4.69) is 10.3 Å². The maximum absolute atomic E-state index is 13.2. The van der Waals surface area contributed by atoms with Crippen LogP contribution in [-0.2, 0) is 11.2 Å². The molecule has 4 aromatic rings. The monoisotopic (exact) mass is 536 g/mol. The maximum Gasteiger partial charge on any atom is 0.343 e. The average molecular weight is 537 g/mol. The molecule has 10 heteroatoms. The van der Waals surface area contributed by atoms with E-state index in [1.54, 1.807) is 26.2 Å². The molecule has 0 aliphatic rings. The van der Waals surface area contributed by atoms with Crippen molar-refractivity contribution in [2.45, 2.75) is 25.7 Å². The van der Waals surface area contributed by atoms with Crippen LogP contribution < -0.4 is 29.9 Å². The van der Waals surface area contributed by atoms with Crippen LogP contribution in [0.4, 0.5) is 0 Å². The lowest BCUT2D eigenvalue weighted by molar-refractivity contribution is -0.121. The van der Waals surface area contributed by atoms with Gasteiger partial charge in [0.1, 0.15) is 17.3 Å². The number of H-pyrrole nitrogens is 1. The third-order valence-corrected chi connectivity index (χ3v) is 6.63. The number of carbonyl (C=O) groups excluding carboxylic acids is 1. The molecule has 0 saturated carbocycles. The van der Waals surface area contributed by atoms with Crippen molar-refractivity contribution in [3.63, 3.8) is 0 Å². The number of ether oxygens (including phenoxy) is 4. The molecule has 4 rings (SSSR count). The molecule has 10 nitrogen and oxygen atoms in total. The lowest BCUT2D eigenvalue weighted by Gasteiger charge is -2.22. The zero-order chi connectivity index (χ0) is 28.1. The Morgan fingerprint density at radius 3 is 2.46 bits per heavy atom. The second-order valence-corrected chi connectivity index (χ2v) is 8.95. The number of aromatic nitrogens is 1. The molecule has 0 bridgehead atoms. The Labute approximate surface area is 225 Å². The zero-order valence-corrected chi connectivity index (χ0v) is 22.5. The summed E-state index contributed by atoms with van der Waals surface area (Å²) in [7, 11) is 6.02. The zero-order valence-electron chi connectivity index (χ0n) is 22.5. The topological polar surface area (TPSA) is 132 Å². The molecule has 2 heterocycles. The molecule has 39 heavy (non-hydrogen) atoms. The van der Waals surface area contributed by atoms with Gasteiger partial charge in [-0.25, -0.2) is 4.79 Å². The molecule has 0 radical (unpaired) electrons. The van der Waals surface area contributed by atoms with E-state index in [4.69, 9.17) is 23.4 Å². The van der Waals surface area contributed by atoms with E-state index in [9.17, 15) is 14.7 Å². The summed E-state index contributed by atoms with van der Waals surface area (Å²) in [6.07, 6.45) is 2.32. The van der Waals surface area contributed by atoms with E-state index < -0.39 is 11.5 Å². The van der Waals surface area contributed by atoms with Crippen LogP contribution in [0.25, 0.3) is 10.9 Å². The van der Waals surface area contributed by atoms with Crippen molar-refractivity contribution >= 4 is 16.8 Å². The van der Waals surface area contributed by atoms with Gasteiger partial charge in [-0.05, 0) is 43.2 Å². The van der Waals surface area contributed by atoms with Gasteiger partial charge in [0.15, 0.2) is 11.5 Å². The highest BCUT2D eigenvalue weighted by Crippen LogP contribution is 2.45. The van der Waals surface area contributed by atoms with E-state index in [0.29, 0.717) is 30.0 Å². The largest absolute Gasteiger partial charge is 0.507 e. The normalized spacial score (nSPS) is 11.7. The highest BCUT2D eigenvalue weighted by Gasteiger charge is 2.30. The molecule has 1 amide bonds. The number of benzene rings is 2. The first-order valence-corrected chi connectivity index (χ1v) is 12.3. The van der Waals surface area contributed by atoms with Crippen LogP contribution in [0.3, 0.4) is 0 Å². The summed E-state index contributed by atoms with van der Waals surface area (Å²) in [6, 6.07) is 10.4. The predicted molar refractivity (Wildman–Crippen MR) is 146 cm³/mol. The minimum atomic E-state index is -0.894. The van der Waals surface area contributed by atoms with Gasteiger partial charge in [0, 0.05) is 47.6 Å². The van der Waals surface area contributed by atoms with Crippen molar-refractivity contribution in [2.75, 3.05) is 35.0 Å². The number of aryl methyl sites for hydroxylation is 1. The molecule has 2 aromatic carbocycles. The lowest BCUT2D eigenvalue weighted by atomic mass is 9.87. The summed E-state index contributed by atoms with van der Waals surface area (Å²) in [6.45, 7) is 1.91. The smallest absolute Gasteiger partial charge is 0.343 e. The van der Waals surface area contributed by atoms with E-state index in [1.807, 2.05) is 24.4 Å². The fourth-order valence-corrected chi connectivity index (χ4v) is 4.78. The van der Waals surface area contributed by atoms with Gasteiger partial charge in [0.05, 0.1) is 34.0 Å². The summed E-state index contributed by atoms with van der Waals surface area (Å²) in [4.78, 5) is 29.3. The Morgan fingerprint density at radius 2 is 1.79 bits per heavy atom. The van der Waals surface area contributed by atoms with Crippen molar-refractivity contribution in [1.29, 1.82) is 0 Å². The van der Waals surface area contributed by atoms with E-state index in [1.165, 1.54) is 27.4 Å². The summed E-state index contributed by atoms with van der Waals surface area (Å²) in [5.41, 5.74) is 1.67. The fourth-order valence-electron chi connectivity index (χ4n) is 4.78. The number of hydrogen-bond acceptors (Lipinski definition) is 8. The fraction of sp³-hybridized carbons (Fsp3) is 0.310. The number of rotatable bonds is 11. The maximum atomic E-state index is 13.2. The van der Waals surface area contributed by atoms with Crippen LogP contribution in [-0.4, -0.2) is 51.0 Å². The molecule has 206 valence electrons. The highest BCUT2D eigenvalue weighted by molar-refractivity contribution is 5.85. The quantitative estimate of drug-likeness (QED) is 0.262. The number of aromatic amines is 1. The van der Waals surface area contributed by atoms with Crippen molar-refractivity contribution in [2.24, 2.45) is 0 Å². The van der Waals surface area contributed by atoms with Gasteiger partial charge in [-0.1, -0.05) is 6.07 Å². The average Bonchev–Trinajstić information content (AvgIpc) is 3.32. The van der Waals surface area contributed by atoms with Crippen LogP contribution in [0, 0.1) is 6.92 Å². The van der Waals surface area contributed by atoms with Crippen LogP contribution in [0.5, 0.6) is 28.7 Å². The molecule has 1 unspecified atom stereocenters. The van der Waals surface area contributed by atoms with E-state index in [0.717, 1.165) is 22.2 Å². The number of carbonyl (C=O) groups is 1. The molecule has 0 aliphatic heterocycles. The molecule has 3 N–H and O–H groups in total. The van der Waals surface area contributed by atoms with Crippen molar-refractivity contribution < 1.29 is 33.3 Å². The molecular weight excluding hydrogens is 504 g/mol. The molecule has 0 spiro atoms. The molecular formula is C29H32N2O8. The van der Waals surface area contributed by atoms with Crippen molar-refractivity contribution in [1.82, 2.24) is 10.3 Å². The molecule has 0 aliphatic carbocycles. The first kappa shape index (κ1) is 27.4. The van der Waals surface area contributed by atoms with Gasteiger partial charge in [-0.15, -0.1) is 0 Å². The van der Waals surface area contributed by atoms with Crippen molar-refractivity contribution in [3.8, 4) is 28.7 Å². The summed E-state index contributed by atoms with van der Waals surface area (Å²) >= 11 is 0. The molecule has 0 fully saturated rings. The second kappa shape index (κ2) is 11.8. The standard InChI is InChI=1S/C29H32N2O8/c1-16-12-23(32)26(29(34)39-16)21(19-7-9-24(36-3)28(38-5)27(19)37-4)14-25(33)30-11-10-17-15-31-22-8-6-18(35-2)13-20(17)22/h6-9,12-13,15,21,31-32H,10-11,14H2,1-5H3,(H,30,33). The number of methoxy groups -OCH3 is 4. The van der Waals surface area contributed by atoms with Gasteiger partial charge in [-0.2, -0.15) is 0 Å². The number of fused-ring (bicyclic) bond motifs is 1. The highest BCUT2D eigenvalue weighted by atomic mass is 16.5. The Kier molecular flexibility index (Phi) is 8.33. The Hall–Kier alpha value is -4.60. The minimum Gasteiger partial charge on any atom is -0.507 e. The third-order valence-electron chi connectivity index (χ3n) is 6.63. The van der Waals surface area contributed by atoms with Gasteiger partial charge in [0.25, 0.3) is 0 Å². The molecule has 1 atom stereocenters. The summed E-state index contributed by atoms with van der Waals surface area (Å²) in [5.74, 6) is 0.496. The molecule has 2 aromatic heterocycles. The molecule has 0 saturated heterocycles. The van der Waals surface area contributed by atoms with Crippen molar-refractivity contribution in [3.05, 3.63) is 75.5 Å². The van der Waals surface area contributed by atoms with Gasteiger partial charge < -0.3 is 38.8 Å². The van der Waals surface area contributed by atoms with Crippen LogP contribution in [0.15, 0.2) is 51.8 Å². The van der Waals surface area contributed by atoms with Gasteiger partial charge >= 0.3 is 5.63 Å². The Balaban J connectivity index is 1.62. The van der Waals surface area contributed by atoms with Crippen LogP contribution >= 0.6 is 0 Å². The first-order chi connectivity index (χ1) is 18.8.